The molecule has 0 radical (unpaired) electrons. The molecule has 2 heterocycles. The van der Waals surface area contributed by atoms with Crippen molar-refractivity contribution >= 4 is 35.5 Å². The Hall–Kier alpha value is -2.83. The fourth-order valence-electron chi connectivity index (χ4n) is 2.71. The van der Waals surface area contributed by atoms with Gasteiger partial charge in [-0.2, -0.15) is 13.2 Å². The highest BCUT2D eigenvalue weighted by Gasteiger charge is 2.36. The smallest absolute Gasteiger partial charge is 0.362 e. The van der Waals surface area contributed by atoms with Crippen molar-refractivity contribution in [3.8, 4) is 0 Å². The van der Waals surface area contributed by atoms with Crippen LogP contribution in [-0.2, 0) is 13.2 Å². The highest BCUT2D eigenvalue weighted by molar-refractivity contribution is 6.37. The molecule has 1 fully saturated rings. The van der Waals surface area contributed by atoms with Crippen LogP contribution in [0.25, 0.3) is 0 Å². The van der Waals surface area contributed by atoms with Crippen molar-refractivity contribution in [2.75, 3.05) is 18.4 Å². The third kappa shape index (κ3) is 4.83. The number of aromatic nitrogens is 4. The van der Waals surface area contributed by atoms with Gasteiger partial charge in [0.15, 0.2) is 0 Å². The molecule has 8 nitrogen and oxygen atoms in total. The quantitative estimate of drug-likeness (QED) is 0.436. The molecule has 0 spiro atoms. The first kappa shape index (κ1) is 21.9. The lowest BCUT2D eigenvalue weighted by atomic mass is 10.1. The molecule has 3 rings (SSSR count). The molecule has 0 aliphatic carbocycles. The Balaban J connectivity index is 1.91. The first-order valence-corrected chi connectivity index (χ1v) is 8.95. The number of piperidine rings is 1. The van der Waals surface area contributed by atoms with E-state index in [2.05, 4.69) is 25.8 Å². The van der Waals surface area contributed by atoms with Crippen LogP contribution < -0.4 is 5.32 Å². The second kappa shape index (κ2) is 8.13. The van der Waals surface area contributed by atoms with Gasteiger partial charge >= 0.3 is 6.18 Å². The zero-order chi connectivity index (χ0) is 22.1. The van der Waals surface area contributed by atoms with Crippen LogP contribution in [-0.4, -0.2) is 56.4 Å². The summed E-state index contributed by atoms with van der Waals surface area (Å²) in [4.78, 5) is 17.6. The summed E-state index contributed by atoms with van der Waals surface area (Å²) in [7, 11) is 1.45. The number of nitrogens with one attached hydrogen (secondary N) is 1. The lowest BCUT2D eigenvalue weighted by Gasteiger charge is -2.30. The van der Waals surface area contributed by atoms with E-state index >= 15 is 0 Å². The number of hydrogen-bond acceptors (Lipinski definition) is 5. The van der Waals surface area contributed by atoms with E-state index in [9.17, 15) is 26.7 Å². The molecule has 162 valence electrons. The number of aliphatic imine (C=N–C) groups is 1. The summed E-state index contributed by atoms with van der Waals surface area (Å²) >= 11 is 6.09. The molecule has 0 bridgehead atoms. The van der Waals surface area contributed by atoms with Gasteiger partial charge in [0.2, 0.25) is 5.95 Å². The molecule has 0 unspecified atom stereocenters. The highest BCUT2D eigenvalue weighted by atomic mass is 35.5. The number of hydrogen-bond donors (Lipinski definition) is 1. The molecular weight excluding hydrogens is 437 g/mol. The Kier molecular flexibility index (Phi) is 5.92. The summed E-state index contributed by atoms with van der Waals surface area (Å²) in [6.45, 7) is -0.149. The molecule has 2 aromatic rings. The Morgan fingerprint density at radius 1 is 1.30 bits per heavy atom. The monoisotopic (exact) mass is 451 g/mol. The zero-order valence-electron chi connectivity index (χ0n) is 15.4. The summed E-state index contributed by atoms with van der Waals surface area (Å²) in [6, 6.07) is 1.58. The number of halogens is 6. The molecule has 1 saturated heterocycles. The van der Waals surface area contributed by atoms with Crippen molar-refractivity contribution in [2.24, 2.45) is 12.0 Å². The van der Waals surface area contributed by atoms with E-state index in [4.69, 9.17) is 11.6 Å². The van der Waals surface area contributed by atoms with Crippen LogP contribution in [0, 0.1) is 0 Å². The number of alkyl halides is 5. The van der Waals surface area contributed by atoms with E-state index in [1.54, 1.807) is 0 Å². The number of nitrogens with zero attached hydrogens (tertiary/aromatic N) is 6. The molecular formula is C16H15ClF5N7O. The molecule has 1 aliphatic heterocycles. The normalized spacial score (nSPS) is 16.8. The van der Waals surface area contributed by atoms with Gasteiger partial charge in [-0.15, -0.1) is 0 Å². The first-order valence-electron chi connectivity index (χ1n) is 8.57. The predicted octanol–water partition coefficient (Wildman–Crippen LogP) is 3.53. The van der Waals surface area contributed by atoms with E-state index in [0.717, 1.165) is 17.1 Å². The van der Waals surface area contributed by atoms with Gasteiger partial charge in [-0.3, -0.25) is 10.1 Å². The molecule has 1 aliphatic rings. The maximum Gasteiger partial charge on any atom is 0.418 e. The summed E-state index contributed by atoms with van der Waals surface area (Å²) in [5, 5.41) is 12.2. The minimum Gasteiger partial charge on any atom is -0.362 e. The lowest BCUT2D eigenvalue weighted by Crippen LogP contribution is -2.38. The van der Waals surface area contributed by atoms with Gasteiger partial charge in [0.25, 0.3) is 11.8 Å². The number of tetrazole rings is 1. The van der Waals surface area contributed by atoms with Crippen LogP contribution in [0.3, 0.4) is 0 Å². The fraction of sp³-hybridized carbons (Fsp3) is 0.438. The standard InChI is InChI=1S/C16H15ClF5N7O/c1-28-14(25-26-27-28)24-13(30)9-2-3-10(16(20,21)22)12(11(9)17)23-8-29-6-4-15(18,19)5-7-29/h2-3,8H,4-7H2,1H3,(H,24,25,27,30)/b23-8+. The fourth-order valence-corrected chi connectivity index (χ4v) is 3.00. The van der Waals surface area contributed by atoms with Crippen LogP contribution in [0.2, 0.25) is 5.02 Å². The van der Waals surface area contributed by atoms with Crippen LogP contribution in [0.5, 0.6) is 0 Å². The number of aryl methyl sites for hydroxylation is 1. The van der Waals surface area contributed by atoms with Crippen molar-refractivity contribution in [3.63, 3.8) is 0 Å². The van der Waals surface area contributed by atoms with E-state index < -0.39 is 47.1 Å². The van der Waals surface area contributed by atoms with Crippen LogP contribution >= 0.6 is 11.6 Å². The molecule has 0 atom stereocenters. The second-order valence-electron chi connectivity index (χ2n) is 6.54. The van der Waals surface area contributed by atoms with Gasteiger partial charge in [-0.25, -0.2) is 18.5 Å². The number of anilines is 1. The number of amides is 1. The maximum absolute atomic E-state index is 13.4. The largest absolute Gasteiger partial charge is 0.418 e. The van der Waals surface area contributed by atoms with Crippen LogP contribution in [0.4, 0.5) is 33.6 Å². The Bertz CT molecular complexity index is 965. The summed E-state index contributed by atoms with van der Waals surface area (Å²) in [5.41, 5.74) is -2.14. The third-order valence-corrected chi connectivity index (χ3v) is 4.77. The van der Waals surface area contributed by atoms with Gasteiger partial charge in [0.1, 0.15) is 0 Å². The number of benzene rings is 1. The Labute approximate surface area is 171 Å². The van der Waals surface area contributed by atoms with E-state index in [1.807, 2.05) is 0 Å². The topological polar surface area (TPSA) is 88.3 Å². The van der Waals surface area contributed by atoms with Gasteiger partial charge < -0.3 is 4.90 Å². The van der Waals surface area contributed by atoms with Gasteiger partial charge in [0.05, 0.1) is 28.2 Å². The molecule has 1 amide bonds. The third-order valence-electron chi connectivity index (χ3n) is 4.39. The van der Waals surface area contributed by atoms with Crippen molar-refractivity contribution in [1.29, 1.82) is 0 Å². The SMILES string of the molecule is Cn1nnnc1NC(=O)c1ccc(C(F)(F)F)c(/N=C/N2CCC(F)(F)CC2)c1Cl. The minimum absolute atomic E-state index is 0.0461. The number of rotatable bonds is 4. The molecule has 1 N–H and O–H groups in total. The first-order chi connectivity index (χ1) is 14.0. The lowest BCUT2D eigenvalue weighted by molar-refractivity contribution is -0.137. The summed E-state index contributed by atoms with van der Waals surface area (Å²) < 4.78 is 67.9. The summed E-state index contributed by atoms with van der Waals surface area (Å²) in [5.74, 6) is -3.71. The number of carbonyl (C=O) groups is 1. The van der Waals surface area contributed by atoms with E-state index in [-0.39, 0.29) is 24.6 Å². The van der Waals surface area contributed by atoms with Gasteiger partial charge in [-0.1, -0.05) is 16.7 Å². The molecule has 14 heteroatoms. The molecule has 0 saturated carbocycles. The van der Waals surface area contributed by atoms with Crippen LogP contribution in [0.1, 0.15) is 28.8 Å². The van der Waals surface area contributed by atoms with Crippen LogP contribution in [0.15, 0.2) is 17.1 Å². The highest BCUT2D eigenvalue weighted by Crippen LogP contribution is 2.42. The molecule has 1 aromatic heterocycles. The van der Waals surface area contributed by atoms with Crippen molar-refractivity contribution in [2.45, 2.75) is 24.9 Å². The van der Waals surface area contributed by atoms with Crippen molar-refractivity contribution in [3.05, 3.63) is 28.3 Å². The predicted molar refractivity (Wildman–Crippen MR) is 97.1 cm³/mol. The van der Waals surface area contributed by atoms with Gasteiger partial charge in [-0.05, 0) is 22.6 Å². The van der Waals surface area contributed by atoms with Gasteiger partial charge in [0, 0.05) is 33.0 Å². The number of carbonyl (C=O) groups excluding carboxylic acids is 1. The molecule has 30 heavy (non-hydrogen) atoms. The van der Waals surface area contributed by atoms with E-state index in [1.165, 1.54) is 11.9 Å². The molecule has 1 aromatic carbocycles. The maximum atomic E-state index is 13.4. The zero-order valence-corrected chi connectivity index (χ0v) is 16.2. The Morgan fingerprint density at radius 3 is 2.53 bits per heavy atom. The average molecular weight is 452 g/mol. The van der Waals surface area contributed by atoms with Crippen molar-refractivity contribution in [1.82, 2.24) is 25.1 Å². The van der Waals surface area contributed by atoms with Crippen molar-refractivity contribution < 1.29 is 26.7 Å². The van der Waals surface area contributed by atoms with E-state index in [0.29, 0.717) is 6.07 Å². The summed E-state index contributed by atoms with van der Waals surface area (Å²) in [6.07, 6.45) is -4.64. The second-order valence-corrected chi connectivity index (χ2v) is 6.92. The Morgan fingerprint density at radius 2 is 1.97 bits per heavy atom. The number of likely N-dealkylation sites (tertiary alicyclic amines) is 1. The average Bonchev–Trinajstić information content (AvgIpc) is 3.05. The minimum atomic E-state index is -4.80.